The van der Waals surface area contributed by atoms with Crippen molar-refractivity contribution in [2.75, 3.05) is 18.4 Å². The Kier molecular flexibility index (Phi) is 6.21. The molecule has 1 fully saturated rings. The molecule has 1 saturated carbocycles. The minimum Gasteiger partial charge on any atom is -0.309 e. The maximum Gasteiger partial charge on any atom is 0.239 e. The van der Waals surface area contributed by atoms with Gasteiger partial charge in [0.25, 0.3) is 0 Å². The highest BCUT2D eigenvalue weighted by Gasteiger charge is 2.20. The molecule has 2 N–H and O–H groups in total. The van der Waals surface area contributed by atoms with E-state index in [0.717, 1.165) is 28.3 Å². The molecule has 1 amide bonds. The van der Waals surface area contributed by atoms with Crippen molar-refractivity contribution in [2.45, 2.75) is 19.8 Å². The van der Waals surface area contributed by atoms with Gasteiger partial charge in [-0.25, -0.2) is 4.68 Å². The van der Waals surface area contributed by atoms with Gasteiger partial charge in [-0.05, 0) is 50.4 Å². The van der Waals surface area contributed by atoms with Gasteiger partial charge in [-0.1, -0.05) is 22.0 Å². The predicted molar refractivity (Wildman–Crippen MR) is 97.5 cm³/mol. The lowest BCUT2D eigenvalue weighted by molar-refractivity contribution is -0.115. The molecule has 124 valence electrons. The minimum absolute atomic E-state index is 0. The molecular weight excluding hydrogens is 380 g/mol. The van der Waals surface area contributed by atoms with Gasteiger partial charge in [0, 0.05) is 10.5 Å². The summed E-state index contributed by atoms with van der Waals surface area (Å²) >= 11 is 3.46. The van der Waals surface area contributed by atoms with Crippen LogP contribution >= 0.6 is 28.3 Å². The first-order valence-corrected chi connectivity index (χ1v) is 8.24. The average Bonchev–Trinajstić information content (AvgIpc) is 3.21. The van der Waals surface area contributed by atoms with Gasteiger partial charge < -0.3 is 10.6 Å². The van der Waals surface area contributed by atoms with Crippen molar-refractivity contribution in [3.63, 3.8) is 0 Å². The lowest BCUT2D eigenvalue weighted by atomic mass is 10.3. The lowest BCUT2D eigenvalue weighted by Gasteiger charge is -2.09. The molecule has 1 aromatic carbocycles. The van der Waals surface area contributed by atoms with Gasteiger partial charge in [-0.2, -0.15) is 5.10 Å². The van der Waals surface area contributed by atoms with Crippen LogP contribution in [0.3, 0.4) is 0 Å². The molecule has 0 atom stereocenters. The highest BCUT2D eigenvalue weighted by atomic mass is 79.9. The summed E-state index contributed by atoms with van der Waals surface area (Å²) in [5, 5.41) is 10.6. The first-order chi connectivity index (χ1) is 10.6. The number of nitrogens with zero attached hydrogens (tertiary/aromatic N) is 2. The first-order valence-electron chi connectivity index (χ1n) is 7.45. The van der Waals surface area contributed by atoms with Crippen LogP contribution in [0, 0.1) is 12.8 Å². The molecule has 2 aromatic rings. The van der Waals surface area contributed by atoms with Crippen molar-refractivity contribution >= 4 is 40.1 Å². The van der Waals surface area contributed by atoms with Gasteiger partial charge in [-0.3, -0.25) is 4.79 Å². The minimum atomic E-state index is -0.0446. The summed E-state index contributed by atoms with van der Waals surface area (Å²) in [7, 11) is 0. The standard InChI is InChI=1S/C16H19BrN4O.ClH/c1-11-7-15(19-16(22)10-18-9-12-5-6-12)21(20-11)14-4-2-3-13(17)8-14;/h2-4,7-8,12,18H,5-6,9-10H2,1H3,(H,19,22);1H. The third-order valence-corrected chi connectivity index (χ3v) is 4.06. The lowest BCUT2D eigenvalue weighted by Crippen LogP contribution is -2.30. The summed E-state index contributed by atoms with van der Waals surface area (Å²) in [6.45, 7) is 3.17. The van der Waals surface area contributed by atoms with Gasteiger partial charge >= 0.3 is 0 Å². The van der Waals surface area contributed by atoms with Crippen molar-refractivity contribution in [1.29, 1.82) is 0 Å². The fourth-order valence-corrected chi connectivity index (χ4v) is 2.68. The molecule has 1 aromatic heterocycles. The number of rotatable bonds is 6. The van der Waals surface area contributed by atoms with Gasteiger partial charge in [0.2, 0.25) is 5.91 Å². The van der Waals surface area contributed by atoms with Crippen LogP contribution in [0.1, 0.15) is 18.5 Å². The number of aryl methyl sites for hydroxylation is 1. The molecule has 0 radical (unpaired) electrons. The fraction of sp³-hybridized carbons (Fsp3) is 0.375. The number of aromatic nitrogens is 2. The van der Waals surface area contributed by atoms with Crippen LogP contribution < -0.4 is 10.6 Å². The molecule has 0 saturated heterocycles. The van der Waals surface area contributed by atoms with Gasteiger partial charge in [0.1, 0.15) is 5.82 Å². The van der Waals surface area contributed by atoms with Crippen molar-refractivity contribution < 1.29 is 4.79 Å². The van der Waals surface area contributed by atoms with E-state index in [0.29, 0.717) is 12.4 Å². The quantitative estimate of drug-likeness (QED) is 0.783. The number of hydrogen-bond donors (Lipinski definition) is 2. The molecule has 1 aliphatic carbocycles. The summed E-state index contributed by atoms with van der Waals surface area (Å²) in [6.07, 6.45) is 2.56. The molecule has 23 heavy (non-hydrogen) atoms. The number of carbonyl (C=O) groups excluding carboxylic acids is 1. The van der Waals surface area contributed by atoms with Crippen LogP contribution in [0.15, 0.2) is 34.8 Å². The third kappa shape index (κ3) is 5.06. The molecule has 7 heteroatoms. The summed E-state index contributed by atoms with van der Waals surface area (Å²) in [4.78, 5) is 12.1. The van der Waals surface area contributed by atoms with Gasteiger partial charge in [-0.15, -0.1) is 12.4 Å². The zero-order valence-electron chi connectivity index (χ0n) is 12.9. The van der Waals surface area contributed by atoms with Crippen LogP contribution in [0.2, 0.25) is 0 Å². The van der Waals surface area contributed by atoms with E-state index >= 15 is 0 Å². The Bertz CT molecular complexity index is 684. The smallest absolute Gasteiger partial charge is 0.239 e. The summed E-state index contributed by atoms with van der Waals surface area (Å²) < 4.78 is 2.72. The molecule has 5 nitrogen and oxygen atoms in total. The van der Waals surface area contributed by atoms with E-state index in [-0.39, 0.29) is 18.3 Å². The summed E-state index contributed by atoms with van der Waals surface area (Å²) in [5.74, 6) is 1.41. The normalized spacial score (nSPS) is 13.5. The monoisotopic (exact) mass is 398 g/mol. The Morgan fingerprint density at radius 1 is 1.39 bits per heavy atom. The second-order valence-electron chi connectivity index (χ2n) is 5.69. The molecule has 3 rings (SSSR count). The second kappa shape index (κ2) is 7.95. The molecule has 1 heterocycles. The number of nitrogens with one attached hydrogen (secondary N) is 2. The maximum absolute atomic E-state index is 12.1. The molecule has 0 bridgehead atoms. The van der Waals surface area contributed by atoms with Crippen LogP contribution in [-0.2, 0) is 4.79 Å². The number of carbonyl (C=O) groups is 1. The number of hydrogen-bond acceptors (Lipinski definition) is 3. The second-order valence-corrected chi connectivity index (χ2v) is 6.60. The van der Waals surface area contributed by atoms with E-state index in [9.17, 15) is 4.79 Å². The summed E-state index contributed by atoms with van der Waals surface area (Å²) in [5.41, 5.74) is 1.77. The first kappa shape index (κ1) is 18.0. The van der Waals surface area contributed by atoms with Crippen LogP contribution in [0.5, 0.6) is 0 Å². The number of anilines is 1. The molecular formula is C16H20BrClN4O. The SMILES string of the molecule is Cc1cc(NC(=O)CNCC2CC2)n(-c2cccc(Br)c2)n1.Cl. The molecule has 0 aliphatic heterocycles. The van der Waals surface area contributed by atoms with E-state index in [1.807, 2.05) is 37.3 Å². The van der Waals surface area contributed by atoms with E-state index in [4.69, 9.17) is 0 Å². The Labute approximate surface area is 150 Å². The van der Waals surface area contributed by atoms with Crippen LogP contribution in [-0.4, -0.2) is 28.8 Å². The van der Waals surface area contributed by atoms with Crippen molar-refractivity contribution in [3.8, 4) is 5.69 Å². The van der Waals surface area contributed by atoms with Crippen molar-refractivity contribution in [2.24, 2.45) is 5.92 Å². The number of benzene rings is 1. The van der Waals surface area contributed by atoms with Gasteiger partial charge in [0.05, 0.1) is 17.9 Å². The van der Waals surface area contributed by atoms with Crippen LogP contribution in [0.4, 0.5) is 5.82 Å². The van der Waals surface area contributed by atoms with E-state index in [2.05, 4.69) is 31.7 Å². The predicted octanol–water partition coefficient (Wildman–Crippen LogP) is 3.30. The van der Waals surface area contributed by atoms with Gasteiger partial charge in [0.15, 0.2) is 0 Å². The highest BCUT2D eigenvalue weighted by molar-refractivity contribution is 9.10. The molecule has 0 unspecified atom stereocenters. The number of amides is 1. The Morgan fingerprint density at radius 3 is 2.87 bits per heavy atom. The highest BCUT2D eigenvalue weighted by Crippen LogP contribution is 2.27. The van der Waals surface area contributed by atoms with Crippen molar-refractivity contribution in [3.05, 3.63) is 40.5 Å². The number of halogens is 2. The molecule has 1 aliphatic rings. The fourth-order valence-electron chi connectivity index (χ4n) is 2.29. The largest absolute Gasteiger partial charge is 0.309 e. The topological polar surface area (TPSA) is 59.0 Å². The molecule has 0 spiro atoms. The average molecular weight is 400 g/mol. The Balaban J connectivity index is 0.00000192. The third-order valence-electron chi connectivity index (χ3n) is 3.57. The Morgan fingerprint density at radius 2 is 2.17 bits per heavy atom. The zero-order valence-corrected chi connectivity index (χ0v) is 15.3. The van der Waals surface area contributed by atoms with E-state index in [1.54, 1.807) is 4.68 Å². The van der Waals surface area contributed by atoms with E-state index in [1.165, 1.54) is 12.8 Å². The zero-order chi connectivity index (χ0) is 15.5. The summed E-state index contributed by atoms with van der Waals surface area (Å²) in [6, 6.07) is 9.70. The maximum atomic E-state index is 12.1. The van der Waals surface area contributed by atoms with E-state index < -0.39 is 0 Å². The Hall–Kier alpha value is -1.37. The van der Waals surface area contributed by atoms with Crippen LogP contribution in [0.25, 0.3) is 5.69 Å². The van der Waals surface area contributed by atoms with Crippen molar-refractivity contribution in [1.82, 2.24) is 15.1 Å².